The largest absolute Gasteiger partial charge is 0.366 e. The first-order valence-corrected chi connectivity index (χ1v) is 8.03. The first-order chi connectivity index (χ1) is 12.2. The predicted octanol–water partition coefficient (Wildman–Crippen LogP) is 2.26. The lowest BCUT2D eigenvalue weighted by atomic mass is 10.1. The molecule has 0 unspecified atom stereocenters. The normalized spacial score (nSPS) is 14.7. The highest BCUT2D eigenvalue weighted by Crippen LogP contribution is 2.32. The van der Waals surface area contributed by atoms with Gasteiger partial charge in [-0.25, -0.2) is 9.97 Å². The molecule has 3 heterocycles. The maximum atomic E-state index is 11.2. The second kappa shape index (κ2) is 6.31. The van der Waals surface area contributed by atoms with Crippen molar-refractivity contribution in [3.8, 4) is 0 Å². The molecule has 1 fully saturated rings. The monoisotopic (exact) mass is 336 g/mol. The van der Waals surface area contributed by atoms with Gasteiger partial charge >= 0.3 is 0 Å². The Balaban J connectivity index is 1.62. The summed E-state index contributed by atoms with van der Waals surface area (Å²) in [6.07, 6.45) is 5.15. The van der Waals surface area contributed by atoms with Crippen molar-refractivity contribution in [2.75, 3.05) is 36.0 Å². The summed E-state index contributed by atoms with van der Waals surface area (Å²) in [7, 11) is 0. The van der Waals surface area contributed by atoms with Crippen LogP contribution in [0.3, 0.4) is 0 Å². The average molecular weight is 336 g/mol. The zero-order chi connectivity index (χ0) is 17.2. The third-order valence-electron chi connectivity index (χ3n) is 4.38. The fourth-order valence-corrected chi connectivity index (χ4v) is 3.16. The third kappa shape index (κ3) is 2.82. The van der Waals surface area contributed by atoms with Crippen molar-refractivity contribution in [3.63, 3.8) is 0 Å². The summed E-state index contributed by atoms with van der Waals surface area (Å²) >= 11 is 0. The van der Waals surface area contributed by atoms with Gasteiger partial charge in [0.25, 0.3) is 5.69 Å². The number of anilines is 2. The van der Waals surface area contributed by atoms with E-state index in [1.54, 1.807) is 48.9 Å². The Bertz CT molecular complexity index is 909. The molecule has 0 saturated carbocycles. The van der Waals surface area contributed by atoms with Crippen LogP contribution in [-0.2, 0) is 0 Å². The Morgan fingerprint density at radius 1 is 0.880 bits per heavy atom. The minimum atomic E-state index is -0.363. The molecule has 0 amide bonds. The van der Waals surface area contributed by atoms with Crippen molar-refractivity contribution in [3.05, 3.63) is 59.0 Å². The molecule has 3 aromatic rings. The van der Waals surface area contributed by atoms with Gasteiger partial charge in [0.05, 0.1) is 16.0 Å². The van der Waals surface area contributed by atoms with Crippen LogP contribution in [0.5, 0.6) is 0 Å². The molecular weight excluding hydrogens is 320 g/mol. The molecule has 0 aliphatic carbocycles. The molecule has 0 atom stereocenters. The number of nitro benzene ring substituents is 1. The molecule has 0 N–H and O–H groups in total. The van der Waals surface area contributed by atoms with E-state index in [2.05, 4.69) is 24.8 Å². The van der Waals surface area contributed by atoms with Crippen LogP contribution in [-0.4, -0.2) is 46.1 Å². The summed E-state index contributed by atoms with van der Waals surface area (Å²) in [5.41, 5.74) is 1.68. The second-order valence-electron chi connectivity index (χ2n) is 5.78. The number of non-ortho nitro benzene ring substituents is 1. The highest BCUT2D eigenvalue weighted by Gasteiger charge is 2.23. The van der Waals surface area contributed by atoms with Crippen LogP contribution in [0, 0.1) is 10.1 Å². The van der Waals surface area contributed by atoms with E-state index >= 15 is 0 Å². The summed E-state index contributed by atoms with van der Waals surface area (Å²) in [6.45, 7) is 3.13. The lowest BCUT2D eigenvalue weighted by Crippen LogP contribution is -2.47. The van der Waals surface area contributed by atoms with Crippen LogP contribution in [0.2, 0.25) is 0 Å². The van der Waals surface area contributed by atoms with E-state index in [0.29, 0.717) is 10.9 Å². The molecular formula is C17H16N6O2. The van der Waals surface area contributed by atoms with Crippen molar-refractivity contribution >= 4 is 28.2 Å². The van der Waals surface area contributed by atoms with Crippen LogP contribution in [0.25, 0.3) is 10.9 Å². The van der Waals surface area contributed by atoms with Crippen LogP contribution in [0.1, 0.15) is 0 Å². The van der Waals surface area contributed by atoms with E-state index in [9.17, 15) is 10.1 Å². The van der Waals surface area contributed by atoms with Crippen molar-refractivity contribution in [2.24, 2.45) is 0 Å². The zero-order valence-corrected chi connectivity index (χ0v) is 13.4. The second-order valence-corrected chi connectivity index (χ2v) is 5.78. The fourth-order valence-electron chi connectivity index (χ4n) is 3.16. The summed E-state index contributed by atoms with van der Waals surface area (Å²) < 4.78 is 0. The Morgan fingerprint density at radius 3 is 2.28 bits per heavy atom. The smallest absolute Gasteiger partial charge is 0.278 e. The first kappa shape index (κ1) is 15.3. The van der Waals surface area contributed by atoms with Crippen LogP contribution < -0.4 is 9.80 Å². The van der Waals surface area contributed by atoms with Gasteiger partial charge in [-0.3, -0.25) is 15.1 Å². The van der Waals surface area contributed by atoms with E-state index in [-0.39, 0.29) is 10.6 Å². The standard InChI is InChI=1S/C17H16N6O2/c24-23(25)14-4-5-15(16-13(14)3-1-6-18-16)21-9-11-22(12-10-21)17-19-7-2-8-20-17/h1-8H,9-12H2. The number of hydrogen-bond acceptors (Lipinski definition) is 7. The lowest BCUT2D eigenvalue weighted by Gasteiger charge is -2.36. The topological polar surface area (TPSA) is 88.3 Å². The molecule has 8 heteroatoms. The summed E-state index contributed by atoms with van der Waals surface area (Å²) in [4.78, 5) is 28.2. The number of pyridine rings is 1. The molecule has 8 nitrogen and oxygen atoms in total. The number of fused-ring (bicyclic) bond motifs is 1. The van der Waals surface area contributed by atoms with Gasteiger partial charge in [-0.15, -0.1) is 0 Å². The van der Waals surface area contributed by atoms with Crippen molar-refractivity contribution in [2.45, 2.75) is 0 Å². The maximum absolute atomic E-state index is 11.2. The highest BCUT2D eigenvalue weighted by atomic mass is 16.6. The summed E-state index contributed by atoms with van der Waals surface area (Å²) in [5, 5.41) is 11.8. The molecule has 4 rings (SSSR count). The van der Waals surface area contributed by atoms with E-state index < -0.39 is 0 Å². The number of piperazine rings is 1. The zero-order valence-electron chi connectivity index (χ0n) is 13.4. The Morgan fingerprint density at radius 2 is 1.56 bits per heavy atom. The number of rotatable bonds is 3. The average Bonchev–Trinajstić information content (AvgIpc) is 2.68. The van der Waals surface area contributed by atoms with Gasteiger partial charge in [-0.05, 0) is 24.3 Å². The van der Waals surface area contributed by atoms with E-state index in [4.69, 9.17) is 0 Å². The van der Waals surface area contributed by atoms with Crippen LogP contribution in [0.15, 0.2) is 48.9 Å². The molecule has 0 radical (unpaired) electrons. The lowest BCUT2D eigenvalue weighted by molar-refractivity contribution is -0.383. The van der Waals surface area contributed by atoms with Crippen LogP contribution >= 0.6 is 0 Å². The third-order valence-corrected chi connectivity index (χ3v) is 4.38. The van der Waals surface area contributed by atoms with E-state index in [0.717, 1.165) is 37.8 Å². The molecule has 0 bridgehead atoms. The molecule has 0 spiro atoms. The van der Waals surface area contributed by atoms with Crippen LogP contribution in [0.4, 0.5) is 17.3 Å². The van der Waals surface area contributed by atoms with E-state index in [1.165, 1.54) is 0 Å². The maximum Gasteiger partial charge on any atom is 0.278 e. The Labute approximate surface area is 143 Å². The fraction of sp³-hybridized carbons (Fsp3) is 0.235. The van der Waals surface area contributed by atoms with Gasteiger partial charge in [0, 0.05) is 50.8 Å². The molecule has 2 aromatic heterocycles. The summed E-state index contributed by atoms with van der Waals surface area (Å²) in [5.74, 6) is 0.730. The Hall–Kier alpha value is -3.29. The molecule has 1 aliphatic heterocycles. The quantitative estimate of drug-likeness (QED) is 0.535. The number of benzene rings is 1. The van der Waals surface area contributed by atoms with Gasteiger partial charge < -0.3 is 9.80 Å². The molecule has 126 valence electrons. The van der Waals surface area contributed by atoms with Crippen molar-refractivity contribution in [1.82, 2.24) is 15.0 Å². The SMILES string of the molecule is O=[N+]([O-])c1ccc(N2CCN(c3ncccn3)CC2)c2ncccc12. The van der Waals surface area contributed by atoms with Gasteiger partial charge in [-0.2, -0.15) is 0 Å². The van der Waals surface area contributed by atoms with Crippen molar-refractivity contribution in [1.29, 1.82) is 0 Å². The number of nitro groups is 1. The van der Waals surface area contributed by atoms with Crippen molar-refractivity contribution < 1.29 is 4.92 Å². The number of aromatic nitrogens is 3. The molecule has 1 aliphatic rings. The molecule has 1 aromatic carbocycles. The van der Waals surface area contributed by atoms with Gasteiger partial charge in [0.2, 0.25) is 5.95 Å². The molecule has 25 heavy (non-hydrogen) atoms. The van der Waals surface area contributed by atoms with E-state index in [1.807, 2.05) is 0 Å². The predicted molar refractivity (Wildman–Crippen MR) is 94.9 cm³/mol. The number of hydrogen-bond donors (Lipinski definition) is 0. The number of nitrogens with zero attached hydrogens (tertiary/aromatic N) is 6. The van der Waals surface area contributed by atoms with Gasteiger partial charge in [-0.1, -0.05) is 0 Å². The first-order valence-electron chi connectivity index (χ1n) is 8.03. The minimum Gasteiger partial charge on any atom is -0.366 e. The highest BCUT2D eigenvalue weighted by molar-refractivity contribution is 5.97. The Kier molecular flexibility index (Phi) is 3.85. The minimum absolute atomic E-state index is 0.0863. The van der Waals surface area contributed by atoms with Gasteiger partial charge in [0.15, 0.2) is 0 Å². The summed E-state index contributed by atoms with van der Waals surface area (Å²) in [6, 6.07) is 8.63. The van der Waals surface area contributed by atoms with Gasteiger partial charge in [0.1, 0.15) is 5.52 Å². The molecule has 1 saturated heterocycles.